The molecular weight excluding hydrogens is 340 g/mol. The van der Waals surface area contributed by atoms with Gasteiger partial charge in [-0.25, -0.2) is 0 Å². The monoisotopic (exact) mass is 352 g/mol. The van der Waals surface area contributed by atoms with Crippen LogP contribution in [0.25, 0.3) is 0 Å². The zero-order chi connectivity index (χ0) is 18.5. The second-order valence-corrected chi connectivity index (χ2v) is 5.79. The number of non-ortho nitro benzene ring substituents is 1. The maximum atomic E-state index is 12.7. The number of nitrogens with one attached hydrogen (secondary N) is 1. The summed E-state index contributed by atoms with van der Waals surface area (Å²) in [5.41, 5.74) is -0.661. The molecule has 2 heterocycles. The van der Waals surface area contributed by atoms with Gasteiger partial charge in [-0.15, -0.1) is 5.10 Å². The number of fused-ring (bicyclic) bond motifs is 2. The Morgan fingerprint density at radius 1 is 1.27 bits per heavy atom. The maximum Gasteiger partial charge on any atom is 0.314 e. The molecule has 4 rings (SSSR count). The fourth-order valence-electron chi connectivity index (χ4n) is 3.05. The lowest BCUT2D eigenvalue weighted by Crippen LogP contribution is -2.49. The van der Waals surface area contributed by atoms with Crippen LogP contribution >= 0.6 is 0 Å². The molecule has 9 nitrogen and oxygen atoms in total. The molecule has 2 aromatic rings. The van der Waals surface area contributed by atoms with E-state index in [9.17, 15) is 19.7 Å². The van der Waals surface area contributed by atoms with Crippen molar-refractivity contribution in [1.82, 2.24) is 5.01 Å². The number of hydrogen-bond acceptors (Lipinski definition) is 6. The molecule has 0 saturated carbocycles. The Bertz CT molecular complexity index is 1000. The second kappa shape index (κ2) is 5.38. The van der Waals surface area contributed by atoms with Crippen LogP contribution in [0.4, 0.5) is 11.4 Å². The second-order valence-electron chi connectivity index (χ2n) is 5.79. The number of amides is 2. The van der Waals surface area contributed by atoms with Crippen LogP contribution in [0.15, 0.2) is 53.6 Å². The van der Waals surface area contributed by atoms with E-state index in [1.807, 2.05) is 0 Å². The molecule has 0 aromatic heterocycles. The van der Waals surface area contributed by atoms with E-state index in [0.717, 1.165) is 5.01 Å². The Hall–Kier alpha value is -3.75. The molecule has 1 spiro atoms. The predicted molar refractivity (Wildman–Crippen MR) is 90.0 cm³/mol. The summed E-state index contributed by atoms with van der Waals surface area (Å²) in [5, 5.41) is 18.8. The van der Waals surface area contributed by atoms with Gasteiger partial charge in [-0.05, 0) is 12.1 Å². The quantitative estimate of drug-likeness (QED) is 0.655. The number of ether oxygens (including phenoxy) is 1. The van der Waals surface area contributed by atoms with E-state index >= 15 is 0 Å². The number of nitro groups is 1. The fourth-order valence-corrected chi connectivity index (χ4v) is 3.05. The smallest absolute Gasteiger partial charge is 0.314 e. The molecule has 130 valence electrons. The van der Waals surface area contributed by atoms with Crippen molar-refractivity contribution in [2.75, 3.05) is 5.32 Å². The Kier molecular flexibility index (Phi) is 3.26. The molecule has 2 aliphatic rings. The minimum Gasteiger partial charge on any atom is -0.433 e. The van der Waals surface area contributed by atoms with Gasteiger partial charge in [-0.3, -0.25) is 19.7 Å². The van der Waals surface area contributed by atoms with Crippen LogP contribution in [0.5, 0.6) is 0 Å². The van der Waals surface area contributed by atoms with Crippen molar-refractivity contribution in [3.05, 3.63) is 69.8 Å². The topological polar surface area (TPSA) is 114 Å². The van der Waals surface area contributed by atoms with Crippen molar-refractivity contribution in [2.45, 2.75) is 12.6 Å². The number of carbonyl (C=O) groups excluding carboxylic acids is 2. The molecule has 26 heavy (non-hydrogen) atoms. The highest BCUT2D eigenvalue weighted by Gasteiger charge is 2.59. The lowest BCUT2D eigenvalue weighted by molar-refractivity contribution is -0.384. The normalized spacial score (nSPS) is 20.4. The van der Waals surface area contributed by atoms with E-state index in [2.05, 4.69) is 10.4 Å². The average Bonchev–Trinajstić information content (AvgIpc) is 3.16. The third-order valence-corrected chi connectivity index (χ3v) is 4.18. The minimum absolute atomic E-state index is 0.0456. The SMILES string of the molecule is CC(=O)N1N=C(c2cccc([N+](=O)[O-])c2)OC12C(=O)Nc1ccccc12. The molecule has 2 aliphatic heterocycles. The van der Waals surface area contributed by atoms with Gasteiger partial charge in [-0.1, -0.05) is 24.3 Å². The van der Waals surface area contributed by atoms with Crippen LogP contribution in [0.2, 0.25) is 0 Å². The first kappa shape index (κ1) is 15.8. The number of nitro benzene ring substituents is 1. The predicted octanol–water partition coefficient (Wildman–Crippen LogP) is 1.94. The van der Waals surface area contributed by atoms with E-state index in [1.165, 1.54) is 25.1 Å². The summed E-state index contributed by atoms with van der Waals surface area (Å²) in [6.07, 6.45) is 0. The highest BCUT2D eigenvalue weighted by Crippen LogP contribution is 2.45. The number of rotatable bonds is 2. The lowest BCUT2D eigenvalue weighted by Gasteiger charge is -2.28. The number of nitrogens with zero attached hydrogens (tertiary/aromatic N) is 3. The zero-order valence-electron chi connectivity index (χ0n) is 13.5. The molecule has 0 saturated heterocycles. The number of para-hydroxylation sites is 1. The zero-order valence-corrected chi connectivity index (χ0v) is 13.5. The number of benzene rings is 2. The first-order valence-electron chi connectivity index (χ1n) is 7.67. The van der Waals surface area contributed by atoms with Crippen molar-refractivity contribution >= 4 is 29.1 Å². The third kappa shape index (κ3) is 2.07. The molecule has 0 aliphatic carbocycles. The van der Waals surface area contributed by atoms with Crippen LogP contribution in [-0.2, 0) is 20.1 Å². The minimum atomic E-state index is -1.76. The number of hydrogen-bond donors (Lipinski definition) is 1. The van der Waals surface area contributed by atoms with Crippen LogP contribution in [0.3, 0.4) is 0 Å². The van der Waals surface area contributed by atoms with E-state index in [4.69, 9.17) is 4.74 Å². The Morgan fingerprint density at radius 2 is 2.04 bits per heavy atom. The molecule has 2 aromatic carbocycles. The van der Waals surface area contributed by atoms with E-state index < -0.39 is 22.5 Å². The molecule has 0 fully saturated rings. The van der Waals surface area contributed by atoms with Gasteiger partial charge >= 0.3 is 5.72 Å². The lowest BCUT2D eigenvalue weighted by atomic mass is 10.0. The number of anilines is 1. The van der Waals surface area contributed by atoms with Crippen LogP contribution in [0.1, 0.15) is 18.1 Å². The van der Waals surface area contributed by atoms with Crippen molar-refractivity contribution in [3.8, 4) is 0 Å². The largest absolute Gasteiger partial charge is 0.433 e. The number of carbonyl (C=O) groups is 2. The molecule has 1 atom stereocenters. The van der Waals surface area contributed by atoms with Gasteiger partial charge in [-0.2, -0.15) is 5.01 Å². The van der Waals surface area contributed by atoms with Crippen LogP contribution in [-0.4, -0.2) is 27.6 Å². The molecule has 9 heteroatoms. The maximum absolute atomic E-state index is 12.7. The number of hydrazone groups is 1. The first-order valence-corrected chi connectivity index (χ1v) is 7.67. The molecular formula is C17H12N4O5. The highest BCUT2D eigenvalue weighted by atomic mass is 16.6. The summed E-state index contributed by atoms with van der Waals surface area (Å²) in [6, 6.07) is 12.4. The Balaban J connectivity index is 1.84. The van der Waals surface area contributed by atoms with Gasteiger partial charge in [0, 0.05) is 24.6 Å². The van der Waals surface area contributed by atoms with Gasteiger partial charge in [0.25, 0.3) is 11.6 Å². The van der Waals surface area contributed by atoms with Crippen molar-refractivity contribution in [1.29, 1.82) is 0 Å². The summed E-state index contributed by atoms with van der Waals surface area (Å²) in [5.74, 6) is -1.11. The first-order chi connectivity index (χ1) is 12.4. The van der Waals surface area contributed by atoms with Crippen LogP contribution in [0, 0.1) is 10.1 Å². The van der Waals surface area contributed by atoms with Gasteiger partial charge in [0.2, 0.25) is 11.8 Å². The van der Waals surface area contributed by atoms with Gasteiger partial charge < -0.3 is 10.1 Å². The van der Waals surface area contributed by atoms with E-state index in [-0.39, 0.29) is 11.6 Å². The Morgan fingerprint density at radius 3 is 2.77 bits per heavy atom. The molecule has 0 radical (unpaired) electrons. The van der Waals surface area contributed by atoms with Gasteiger partial charge in [0.15, 0.2) is 0 Å². The summed E-state index contributed by atoms with van der Waals surface area (Å²) < 4.78 is 5.86. The molecule has 1 unspecified atom stereocenters. The van der Waals surface area contributed by atoms with Gasteiger partial charge in [0.1, 0.15) is 0 Å². The van der Waals surface area contributed by atoms with Crippen molar-refractivity contribution < 1.29 is 19.2 Å². The molecule has 1 N–H and O–H groups in total. The fraction of sp³-hybridized carbons (Fsp3) is 0.118. The third-order valence-electron chi connectivity index (χ3n) is 4.18. The standard InChI is InChI=1S/C17H12N4O5/c1-10(22)20-17(13-7-2-3-8-14(13)18-16(17)23)26-15(19-20)11-5-4-6-12(9-11)21(24)25/h2-9H,1H3,(H,18,23). The van der Waals surface area contributed by atoms with Crippen molar-refractivity contribution in [2.24, 2.45) is 5.10 Å². The Labute approximate surface area is 147 Å². The summed E-state index contributed by atoms with van der Waals surface area (Å²) in [7, 11) is 0. The summed E-state index contributed by atoms with van der Waals surface area (Å²) >= 11 is 0. The molecule has 0 bridgehead atoms. The summed E-state index contributed by atoms with van der Waals surface area (Å²) in [4.78, 5) is 35.3. The van der Waals surface area contributed by atoms with Crippen LogP contribution < -0.4 is 5.32 Å². The van der Waals surface area contributed by atoms with E-state index in [1.54, 1.807) is 30.3 Å². The van der Waals surface area contributed by atoms with E-state index in [0.29, 0.717) is 16.8 Å². The average molecular weight is 352 g/mol. The van der Waals surface area contributed by atoms with Crippen molar-refractivity contribution in [3.63, 3.8) is 0 Å². The summed E-state index contributed by atoms with van der Waals surface area (Å²) in [6.45, 7) is 1.26. The molecule has 2 amide bonds. The highest BCUT2D eigenvalue weighted by molar-refractivity contribution is 6.10. The van der Waals surface area contributed by atoms with Gasteiger partial charge in [0.05, 0.1) is 16.2 Å².